The molecule has 0 fully saturated rings. The van der Waals surface area contributed by atoms with Gasteiger partial charge >= 0.3 is 0 Å². The number of carbonyl (C=O) groups is 1. The summed E-state index contributed by atoms with van der Waals surface area (Å²) >= 11 is 3.10. The van der Waals surface area contributed by atoms with Gasteiger partial charge in [-0.15, -0.1) is 0 Å². The molecular weight excluding hydrogens is 354 g/mol. The van der Waals surface area contributed by atoms with Crippen molar-refractivity contribution in [1.29, 1.82) is 0 Å². The molecule has 0 aliphatic heterocycles. The third-order valence-corrected chi connectivity index (χ3v) is 5.38. The molecule has 112 valence electrons. The summed E-state index contributed by atoms with van der Waals surface area (Å²) in [5.74, 6) is -0.125. The number of hydrogen-bond donors (Lipinski definition) is 0. The standard InChI is InChI=1S/C15H16BrNO3S/c1-11(2)12-8-14(15(18)9-16)17(10-12)21(19,20)13-6-4-3-5-7-13/h3-8,10-11H,9H2,1-2H3. The minimum atomic E-state index is -3.76. The molecule has 0 saturated carbocycles. The first-order valence-electron chi connectivity index (χ1n) is 6.50. The zero-order chi connectivity index (χ0) is 15.6. The van der Waals surface area contributed by atoms with Crippen LogP contribution < -0.4 is 0 Å². The number of rotatable bonds is 5. The molecule has 6 heteroatoms. The Morgan fingerprint density at radius 2 is 1.86 bits per heavy atom. The maximum atomic E-state index is 12.7. The lowest BCUT2D eigenvalue weighted by Crippen LogP contribution is -2.18. The first-order chi connectivity index (χ1) is 9.87. The molecule has 0 radical (unpaired) electrons. The van der Waals surface area contributed by atoms with Crippen LogP contribution in [0.3, 0.4) is 0 Å². The zero-order valence-corrected chi connectivity index (χ0v) is 14.2. The minimum Gasteiger partial charge on any atom is -0.292 e. The van der Waals surface area contributed by atoms with Gasteiger partial charge in [-0.2, -0.15) is 0 Å². The van der Waals surface area contributed by atoms with Gasteiger partial charge in [-0.05, 0) is 29.7 Å². The molecule has 0 amide bonds. The Labute approximate surface area is 133 Å². The van der Waals surface area contributed by atoms with Crippen molar-refractivity contribution in [3.63, 3.8) is 0 Å². The molecule has 1 heterocycles. The van der Waals surface area contributed by atoms with Crippen molar-refractivity contribution < 1.29 is 13.2 Å². The molecule has 0 unspecified atom stereocenters. The van der Waals surface area contributed by atoms with Gasteiger partial charge in [0, 0.05) is 6.20 Å². The van der Waals surface area contributed by atoms with E-state index in [4.69, 9.17) is 0 Å². The second-order valence-corrected chi connectivity index (χ2v) is 7.36. The number of alkyl halides is 1. The fourth-order valence-electron chi connectivity index (χ4n) is 1.96. The van der Waals surface area contributed by atoms with Crippen LogP contribution in [0.4, 0.5) is 0 Å². The molecule has 0 saturated heterocycles. The Bertz CT molecular complexity index is 748. The number of nitrogens with zero attached hydrogens (tertiary/aromatic N) is 1. The summed E-state index contributed by atoms with van der Waals surface area (Å²) in [6.45, 7) is 3.91. The Hall–Kier alpha value is -1.40. The molecule has 0 aliphatic rings. The van der Waals surface area contributed by atoms with Crippen molar-refractivity contribution in [3.05, 3.63) is 53.9 Å². The van der Waals surface area contributed by atoms with Gasteiger partial charge in [-0.25, -0.2) is 12.4 Å². The number of carbonyl (C=O) groups excluding carboxylic acids is 1. The Morgan fingerprint density at radius 1 is 1.24 bits per heavy atom. The summed E-state index contributed by atoms with van der Waals surface area (Å²) in [5.41, 5.74) is 0.998. The number of hydrogen-bond acceptors (Lipinski definition) is 3. The van der Waals surface area contributed by atoms with Crippen LogP contribution in [0.5, 0.6) is 0 Å². The third kappa shape index (κ3) is 3.11. The lowest BCUT2D eigenvalue weighted by Gasteiger charge is -2.09. The fraction of sp³-hybridized carbons (Fsp3) is 0.267. The molecule has 0 atom stereocenters. The highest BCUT2D eigenvalue weighted by Crippen LogP contribution is 2.23. The monoisotopic (exact) mass is 369 g/mol. The maximum absolute atomic E-state index is 12.7. The molecule has 0 bridgehead atoms. The molecule has 0 N–H and O–H groups in total. The van der Waals surface area contributed by atoms with E-state index in [2.05, 4.69) is 15.9 Å². The van der Waals surface area contributed by atoms with E-state index in [9.17, 15) is 13.2 Å². The lowest BCUT2D eigenvalue weighted by atomic mass is 10.1. The van der Waals surface area contributed by atoms with Crippen LogP contribution in [0.2, 0.25) is 0 Å². The van der Waals surface area contributed by atoms with E-state index in [1.165, 1.54) is 18.3 Å². The van der Waals surface area contributed by atoms with Gasteiger partial charge in [0.05, 0.1) is 10.2 Å². The molecule has 4 nitrogen and oxygen atoms in total. The van der Waals surface area contributed by atoms with Gasteiger partial charge in [0.2, 0.25) is 0 Å². The van der Waals surface area contributed by atoms with Crippen molar-refractivity contribution in [2.75, 3.05) is 5.33 Å². The summed E-state index contributed by atoms with van der Waals surface area (Å²) in [6.07, 6.45) is 1.53. The average Bonchev–Trinajstić information content (AvgIpc) is 2.93. The van der Waals surface area contributed by atoms with Gasteiger partial charge < -0.3 is 0 Å². The van der Waals surface area contributed by atoms with Crippen molar-refractivity contribution in [2.45, 2.75) is 24.7 Å². The molecule has 2 rings (SSSR count). The van der Waals surface area contributed by atoms with E-state index in [0.29, 0.717) is 0 Å². The first-order valence-corrected chi connectivity index (χ1v) is 9.06. The summed E-state index contributed by atoms with van der Waals surface area (Å²) < 4.78 is 26.5. The molecule has 0 spiro atoms. The van der Waals surface area contributed by atoms with Crippen molar-refractivity contribution >= 4 is 31.7 Å². The molecule has 1 aromatic carbocycles. The van der Waals surface area contributed by atoms with E-state index in [1.807, 2.05) is 13.8 Å². The molecule has 2 aromatic rings. The summed E-state index contributed by atoms with van der Waals surface area (Å²) in [4.78, 5) is 12.2. The predicted molar refractivity (Wildman–Crippen MR) is 85.7 cm³/mol. The second kappa shape index (κ2) is 6.15. The number of benzene rings is 1. The highest BCUT2D eigenvalue weighted by molar-refractivity contribution is 9.09. The molecule has 21 heavy (non-hydrogen) atoms. The number of Topliss-reactive ketones (excluding diaryl/α,β-unsaturated/α-hetero) is 1. The molecule has 0 aliphatic carbocycles. The number of halogens is 1. The van der Waals surface area contributed by atoms with E-state index >= 15 is 0 Å². The maximum Gasteiger partial charge on any atom is 0.268 e. The van der Waals surface area contributed by atoms with E-state index in [-0.39, 0.29) is 27.6 Å². The van der Waals surface area contributed by atoms with E-state index < -0.39 is 10.0 Å². The highest BCUT2D eigenvalue weighted by atomic mass is 79.9. The van der Waals surface area contributed by atoms with Crippen LogP contribution in [0.25, 0.3) is 0 Å². The van der Waals surface area contributed by atoms with Crippen molar-refractivity contribution in [1.82, 2.24) is 3.97 Å². The quantitative estimate of drug-likeness (QED) is 0.599. The molecular formula is C15H16BrNO3S. The molecule has 1 aromatic heterocycles. The zero-order valence-electron chi connectivity index (χ0n) is 11.8. The van der Waals surface area contributed by atoms with Gasteiger partial charge in [-0.3, -0.25) is 4.79 Å². The van der Waals surface area contributed by atoms with Gasteiger partial charge in [0.15, 0.2) is 5.78 Å². The topological polar surface area (TPSA) is 56.1 Å². The second-order valence-electron chi connectivity index (χ2n) is 4.98. The van der Waals surface area contributed by atoms with Crippen LogP contribution in [-0.2, 0) is 10.0 Å². The van der Waals surface area contributed by atoms with Crippen molar-refractivity contribution in [3.8, 4) is 0 Å². The highest BCUT2D eigenvalue weighted by Gasteiger charge is 2.24. The number of ketones is 1. The van der Waals surface area contributed by atoms with Gasteiger partial charge in [-0.1, -0.05) is 48.0 Å². The van der Waals surface area contributed by atoms with Gasteiger partial charge in [0.1, 0.15) is 5.69 Å². The summed E-state index contributed by atoms with van der Waals surface area (Å²) in [5, 5.41) is 0.0822. The van der Waals surface area contributed by atoms with Crippen LogP contribution >= 0.6 is 15.9 Å². The summed E-state index contributed by atoms with van der Waals surface area (Å²) in [7, 11) is -3.76. The Kier molecular flexibility index (Phi) is 4.68. The SMILES string of the molecule is CC(C)c1cc(C(=O)CBr)n(S(=O)(=O)c2ccccc2)c1. The number of aromatic nitrogens is 1. The average molecular weight is 370 g/mol. The minimum absolute atomic E-state index is 0.0822. The van der Waals surface area contributed by atoms with Crippen LogP contribution in [0, 0.1) is 0 Å². The summed E-state index contributed by atoms with van der Waals surface area (Å²) in [6, 6.07) is 9.75. The predicted octanol–water partition coefficient (Wildman–Crippen LogP) is 3.43. The Morgan fingerprint density at radius 3 is 2.38 bits per heavy atom. The lowest BCUT2D eigenvalue weighted by molar-refractivity contribution is 0.101. The van der Waals surface area contributed by atoms with Crippen LogP contribution in [-0.4, -0.2) is 23.5 Å². The van der Waals surface area contributed by atoms with Crippen LogP contribution in [0.1, 0.15) is 35.8 Å². The van der Waals surface area contributed by atoms with Gasteiger partial charge in [0.25, 0.3) is 10.0 Å². The first kappa shape index (κ1) is 16.0. The Balaban J connectivity index is 2.65. The fourth-order valence-corrected chi connectivity index (χ4v) is 3.65. The van der Waals surface area contributed by atoms with E-state index in [1.54, 1.807) is 24.3 Å². The smallest absolute Gasteiger partial charge is 0.268 e. The third-order valence-electron chi connectivity index (χ3n) is 3.18. The largest absolute Gasteiger partial charge is 0.292 e. The van der Waals surface area contributed by atoms with E-state index in [0.717, 1.165) is 9.54 Å². The van der Waals surface area contributed by atoms with Crippen molar-refractivity contribution in [2.24, 2.45) is 0 Å². The van der Waals surface area contributed by atoms with Crippen LogP contribution in [0.15, 0.2) is 47.5 Å². The normalized spacial score (nSPS) is 11.8.